The summed E-state index contributed by atoms with van der Waals surface area (Å²) in [4.78, 5) is 13.9. The minimum absolute atomic E-state index is 0.137. The molecule has 6 nitrogen and oxygen atoms in total. The molecule has 1 aliphatic rings. The van der Waals surface area contributed by atoms with Crippen LogP contribution < -0.4 is 10.1 Å². The standard InChI is InChI=1S/C18H24N4O2/c1-14-11-19-18(23)6-9-21(14)12-15-4-5-17(24-2)16(10-15)13-22-8-3-7-20-22/h3-5,7-8,10,14H,6,9,11-13H2,1-2H3,(H,19,23)/t14-/m0/s1. The van der Waals surface area contributed by atoms with Gasteiger partial charge in [-0.1, -0.05) is 6.07 Å². The van der Waals surface area contributed by atoms with Crippen LogP contribution in [0.5, 0.6) is 5.75 Å². The Bertz CT molecular complexity index is 684. The summed E-state index contributed by atoms with van der Waals surface area (Å²) >= 11 is 0. The minimum atomic E-state index is 0.137. The molecule has 128 valence electrons. The summed E-state index contributed by atoms with van der Waals surface area (Å²) < 4.78 is 7.37. The van der Waals surface area contributed by atoms with E-state index in [9.17, 15) is 4.79 Å². The monoisotopic (exact) mass is 328 g/mol. The highest BCUT2D eigenvalue weighted by Crippen LogP contribution is 2.22. The molecular formula is C18H24N4O2. The first-order valence-corrected chi connectivity index (χ1v) is 8.29. The predicted molar refractivity (Wildman–Crippen MR) is 91.8 cm³/mol. The van der Waals surface area contributed by atoms with E-state index in [1.54, 1.807) is 13.3 Å². The maximum Gasteiger partial charge on any atom is 0.221 e. The molecule has 1 aromatic carbocycles. The van der Waals surface area contributed by atoms with Crippen molar-refractivity contribution in [1.29, 1.82) is 0 Å². The van der Waals surface area contributed by atoms with Crippen LogP contribution in [0.3, 0.4) is 0 Å². The van der Waals surface area contributed by atoms with Gasteiger partial charge in [0.05, 0.1) is 13.7 Å². The summed E-state index contributed by atoms with van der Waals surface area (Å²) in [6.45, 7) is 5.15. The Morgan fingerprint density at radius 3 is 3.00 bits per heavy atom. The van der Waals surface area contributed by atoms with Crippen molar-refractivity contribution >= 4 is 5.91 Å². The molecule has 1 fully saturated rings. The third-order valence-electron chi connectivity index (χ3n) is 4.47. The second-order valence-electron chi connectivity index (χ2n) is 6.22. The number of ether oxygens (including phenoxy) is 1. The third-order valence-corrected chi connectivity index (χ3v) is 4.47. The molecule has 1 N–H and O–H groups in total. The van der Waals surface area contributed by atoms with Crippen LogP contribution >= 0.6 is 0 Å². The van der Waals surface area contributed by atoms with Crippen molar-refractivity contribution in [3.8, 4) is 5.75 Å². The van der Waals surface area contributed by atoms with Crippen LogP contribution in [0, 0.1) is 0 Å². The molecular weight excluding hydrogens is 304 g/mol. The number of nitrogens with zero attached hydrogens (tertiary/aromatic N) is 3. The van der Waals surface area contributed by atoms with E-state index in [1.807, 2.05) is 23.0 Å². The van der Waals surface area contributed by atoms with Gasteiger partial charge in [-0.05, 0) is 30.7 Å². The molecule has 1 atom stereocenters. The van der Waals surface area contributed by atoms with Crippen LogP contribution in [0.25, 0.3) is 0 Å². The lowest BCUT2D eigenvalue weighted by atomic mass is 10.1. The number of hydrogen-bond donors (Lipinski definition) is 1. The Kier molecular flexibility index (Phi) is 5.15. The number of carbonyl (C=O) groups is 1. The molecule has 3 rings (SSSR count). The van der Waals surface area contributed by atoms with Gasteiger partial charge in [-0.25, -0.2) is 0 Å². The maximum atomic E-state index is 11.6. The first kappa shape index (κ1) is 16.5. The van der Waals surface area contributed by atoms with Gasteiger partial charge < -0.3 is 10.1 Å². The molecule has 0 saturated carbocycles. The normalized spacial score (nSPS) is 18.9. The van der Waals surface area contributed by atoms with E-state index in [0.717, 1.165) is 24.4 Å². The molecule has 0 unspecified atom stereocenters. The lowest BCUT2D eigenvalue weighted by Crippen LogP contribution is -2.37. The van der Waals surface area contributed by atoms with Gasteiger partial charge in [0.1, 0.15) is 5.75 Å². The molecule has 0 bridgehead atoms. The van der Waals surface area contributed by atoms with Crippen LogP contribution in [0.2, 0.25) is 0 Å². The molecule has 1 amide bonds. The molecule has 1 aliphatic heterocycles. The van der Waals surface area contributed by atoms with Crippen LogP contribution in [0.1, 0.15) is 24.5 Å². The molecule has 0 aliphatic carbocycles. The number of hydrogen-bond acceptors (Lipinski definition) is 4. The van der Waals surface area contributed by atoms with E-state index in [2.05, 4.69) is 34.4 Å². The Morgan fingerprint density at radius 2 is 2.25 bits per heavy atom. The molecule has 24 heavy (non-hydrogen) atoms. The number of methoxy groups -OCH3 is 1. The second-order valence-corrected chi connectivity index (χ2v) is 6.22. The van der Waals surface area contributed by atoms with Crippen LogP contribution in [0.15, 0.2) is 36.7 Å². The number of aromatic nitrogens is 2. The topological polar surface area (TPSA) is 59.4 Å². The Hall–Kier alpha value is -2.34. The number of rotatable bonds is 5. The Morgan fingerprint density at radius 1 is 1.38 bits per heavy atom. The van der Waals surface area contributed by atoms with Gasteiger partial charge in [0, 0.05) is 50.1 Å². The molecule has 0 spiro atoms. The number of amides is 1. The van der Waals surface area contributed by atoms with Crippen molar-refractivity contribution in [3.05, 3.63) is 47.8 Å². The first-order chi connectivity index (χ1) is 11.7. The lowest BCUT2D eigenvalue weighted by Gasteiger charge is -2.26. The Balaban J connectivity index is 1.76. The highest BCUT2D eigenvalue weighted by Gasteiger charge is 2.20. The summed E-state index contributed by atoms with van der Waals surface area (Å²) in [5.74, 6) is 1.01. The quantitative estimate of drug-likeness (QED) is 0.907. The fourth-order valence-electron chi connectivity index (χ4n) is 3.04. The summed E-state index contributed by atoms with van der Waals surface area (Å²) in [5, 5.41) is 7.23. The summed E-state index contributed by atoms with van der Waals surface area (Å²) in [6, 6.07) is 8.53. The van der Waals surface area contributed by atoms with E-state index in [4.69, 9.17) is 4.74 Å². The second kappa shape index (κ2) is 7.49. The van der Waals surface area contributed by atoms with Gasteiger partial charge >= 0.3 is 0 Å². The molecule has 6 heteroatoms. The highest BCUT2D eigenvalue weighted by molar-refractivity contribution is 5.76. The molecule has 1 saturated heterocycles. The predicted octanol–water partition coefficient (Wildman–Crippen LogP) is 1.65. The smallest absolute Gasteiger partial charge is 0.221 e. The van der Waals surface area contributed by atoms with Crippen molar-refractivity contribution in [2.75, 3.05) is 20.2 Å². The molecule has 2 heterocycles. The van der Waals surface area contributed by atoms with E-state index in [-0.39, 0.29) is 5.91 Å². The minimum Gasteiger partial charge on any atom is -0.496 e. The maximum absolute atomic E-state index is 11.6. The molecule has 1 aromatic heterocycles. The van der Waals surface area contributed by atoms with Gasteiger partial charge in [0.2, 0.25) is 5.91 Å². The van der Waals surface area contributed by atoms with Crippen molar-refractivity contribution in [1.82, 2.24) is 20.0 Å². The van der Waals surface area contributed by atoms with Gasteiger partial charge in [0.25, 0.3) is 0 Å². The average Bonchev–Trinajstić information content (AvgIpc) is 3.04. The van der Waals surface area contributed by atoms with E-state index in [0.29, 0.717) is 25.6 Å². The van der Waals surface area contributed by atoms with Crippen molar-refractivity contribution in [2.45, 2.75) is 32.5 Å². The largest absolute Gasteiger partial charge is 0.496 e. The zero-order valence-corrected chi connectivity index (χ0v) is 14.2. The van der Waals surface area contributed by atoms with Gasteiger partial charge in [0.15, 0.2) is 0 Å². The van der Waals surface area contributed by atoms with Gasteiger partial charge in [-0.15, -0.1) is 0 Å². The lowest BCUT2D eigenvalue weighted by molar-refractivity contribution is -0.120. The fraction of sp³-hybridized carbons (Fsp3) is 0.444. The highest BCUT2D eigenvalue weighted by atomic mass is 16.5. The molecule has 0 radical (unpaired) electrons. The first-order valence-electron chi connectivity index (χ1n) is 8.29. The SMILES string of the molecule is COc1ccc(CN2CCC(=O)NC[C@@H]2C)cc1Cn1cccn1. The average molecular weight is 328 g/mol. The molecule has 2 aromatic rings. The van der Waals surface area contributed by atoms with Crippen molar-refractivity contribution in [3.63, 3.8) is 0 Å². The van der Waals surface area contributed by atoms with E-state index >= 15 is 0 Å². The van der Waals surface area contributed by atoms with E-state index < -0.39 is 0 Å². The van der Waals surface area contributed by atoms with Crippen LogP contribution in [-0.2, 0) is 17.9 Å². The number of carbonyl (C=O) groups excluding carboxylic acids is 1. The zero-order valence-electron chi connectivity index (χ0n) is 14.2. The van der Waals surface area contributed by atoms with Gasteiger partial charge in [-0.3, -0.25) is 14.4 Å². The van der Waals surface area contributed by atoms with E-state index in [1.165, 1.54) is 5.56 Å². The zero-order chi connectivity index (χ0) is 16.9. The summed E-state index contributed by atoms with van der Waals surface area (Å²) in [7, 11) is 1.69. The van der Waals surface area contributed by atoms with Gasteiger partial charge in [-0.2, -0.15) is 5.10 Å². The van der Waals surface area contributed by atoms with Crippen LogP contribution in [-0.4, -0.2) is 46.8 Å². The fourth-order valence-corrected chi connectivity index (χ4v) is 3.04. The Labute approximate surface area is 142 Å². The third kappa shape index (κ3) is 3.94. The van der Waals surface area contributed by atoms with Crippen molar-refractivity contribution in [2.24, 2.45) is 0 Å². The summed E-state index contributed by atoms with van der Waals surface area (Å²) in [5.41, 5.74) is 2.33. The summed E-state index contributed by atoms with van der Waals surface area (Å²) in [6.07, 6.45) is 4.28. The number of benzene rings is 1. The number of nitrogens with one attached hydrogen (secondary N) is 1. The van der Waals surface area contributed by atoms with Crippen molar-refractivity contribution < 1.29 is 9.53 Å². The van der Waals surface area contributed by atoms with Crippen LogP contribution in [0.4, 0.5) is 0 Å².